The van der Waals surface area contributed by atoms with E-state index in [1.54, 1.807) is 72.8 Å². The third-order valence-corrected chi connectivity index (χ3v) is 6.72. The van der Waals surface area contributed by atoms with Crippen molar-refractivity contribution in [2.75, 3.05) is 22.8 Å². The van der Waals surface area contributed by atoms with Gasteiger partial charge in [0, 0.05) is 10.2 Å². The molecule has 3 aromatic carbocycles. The molecule has 0 aliphatic carbocycles. The maximum absolute atomic E-state index is 13.4. The van der Waals surface area contributed by atoms with Gasteiger partial charge in [-0.25, -0.2) is 8.42 Å². The molecule has 0 aromatic heterocycles. The standard InChI is InChI=1S/C23H23BrN2O4S/c1-3-30-21-11-9-19(10-12-21)25-23(27)16-26(20-6-4-5-18(24)15-20)31(28,29)22-13-7-17(2)8-14-22/h4-15H,3,16H2,1-2H3,(H,25,27). The van der Waals surface area contributed by atoms with Gasteiger partial charge in [-0.1, -0.05) is 39.7 Å². The van der Waals surface area contributed by atoms with Gasteiger partial charge in [-0.05, 0) is 68.4 Å². The summed E-state index contributed by atoms with van der Waals surface area (Å²) in [5.74, 6) is 0.234. The summed E-state index contributed by atoms with van der Waals surface area (Å²) in [7, 11) is -3.96. The summed E-state index contributed by atoms with van der Waals surface area (Å²) in [6.45, 7) is 3.94. The van der Waals surface area contributed by atoms with Crippen molar-refractivity contribution in [2.24, 2.45) is 0 Å². The first kappa shape index (κ1) is 22.8. The highest BCUT2D eigenvalue weighted by Gasteiger charge is 2.27. The largest absolute Gasteiger partial charge is 0.494 e. The average Bonchev–Trinajstić information content (AvgIpc) is 2.74. The highest BCUT2D eigenvalue weighted by molar-refractivity contribution is 9.10. The summed E-state index contributed by atoms with van der Waals surface area (Å²) < 4.78 is 34.0. The van der Waals surface area contributed by atoms with Crippen molar-refractivity contribution in [3.8, 4) is 5.75 Å². The van der Waals surface area contributed by atoms with E-state index < -0.39 is 15.9 Å². The summed E-state index contributed by atoms with van der Waals surface area (Å²) in [5, 5.41) is 2.75. The Morgan fingerprint density at radius 3 is 2.32 bits per heavy atom. The van der Waals surface area contributed by atoms with Gasteiger partial charge >= 0.3 is 0 Å². The number of nitrogens with zero attached hydrogens (tertiary/aromatic N) is 1. The molecule has 31 heavy (non-hydrogen) atoms. The molecule has 0 atom stereocenters. The second kappa shape index (κ2) is 9.98. The molecule has 0 aliphatic heterocycles. The van der Waals surface area contributed by atoms with Crippen LogP contribution in [0.3, 0.4) is 0 Å². The third kappa shape index (κ3) is 5.86. The normalized spacial score (nSPS) is 11.1. The van der Waals surface area contributed by atoms with Crippen LogP contribution in [0.25, 0.3) is 0 Å². The van der Waals surface area contributed by atoms with E-state index in [4.69, 9.17) is 4.74 Å². The predicted octanol–water partition coefficient (Wildman–Crippen LogP) is 4.99. The molecule has 0 spiro atoms. The van der Waals surface area contributed by atoms with Gasteiger partial charge in [0.2, 0.25) is 5.91 Å². The number of carbonyl (C=O) groups is 1. The molecular formula is C23H23BrN2O4S. The summed E-state index contributed by atoms with van der Waals surface area (Å²) in [5.41, 5.74) is 1.88. The zero-order chi connectivity index (χ0) is 22.4. The molecule has 3 aromatic rings. The van der Waals surface area contributed by atoms with Gasteiger partial charge in [0.15, 0.2) is 0 Å². The van der Waals surface area contributed by atoms with Crippen LogP contribution in [0.4, 0.5) is 11.4 Å². The number of carbonyl (C=O) groups excluding carboxylic acids is 1. The fraction of sp³-hybridized carbons (Fsp3) is 0.174. The number of anilines is 2. The van der Waals surface area contributed by atoms with Crippen molar-refractivity contribution in [3.05, 3.63) is 82.8 Å². The van der Waals surface area contributed by atoms with Gasteiger partial charge in [0.1, 0.15) is 12.3 Å². The van der Waals surface area contributed by atoms with Crippen LogP contribution >= 0.6 is 15.9 Å². The van der Waals surface area contributed by atoms with Crippen LogP contribution in [-0.2, 0) is 14.8 Å². The summed E-state index contributed by atoms with van der Waals surface area (Å²) in [6.07, 6.45) is 0. The molecule has 0 aliphatic rings. The minimum absolute atomic E-state index is 0.118. The molecule has 0 fully saturated rings. The lowest BCUT2D eigenvalue weighted by Gasteiger charge is -2.24. The number of aryl methyl sites for hydroxylation is 1. The fourth-order valence-electron chi connectivity index (χ4n) is 2.92. The van der Waals surface area contributed by atoms with E-state index in [1.165, 1.54) is 0 Å². The Morgan fingerprint density at radius 1 is 1.03 bits per heavy atom. The van der Waals surface area contributed by atoms with Crippen molar-refractivity contribution in [1.82, 2.24) is 0 Å². The van der Waals surface area contributed by atoms with E-state index in [-0.39, 0.29) is 11.4 Å². The van der Waals surface area contributed by atoms with Crippen molar-refractivity contribution in [1.29, 1.82) is 0 Å². The minimum atomic E-state index is -3.96. The summed E-state index contributed by atoms with van der Waals surface area (Å²) in [4.78, 5) is 12.9. The Balaban J connectivity index is 1.88. The highest BCUT2D eigenvalue weighted by Crippen LogP contribution is 2.26. The van der Waals surface area contributed by atoms with Crippen LogP contribution < -0.4 is 14.4 Å². The average molecular weight is 503 g/mol. The van der Waals surface area contributed by atoms with Gasteiger partial charge in [-0.3, -0.25) is 9.10 Å². The van der Waals surface area contributed by atoms with Gasteiger partial charge in [-0.2, -0.15) is 0 Å². The molecular weight excluding hydrogens is 480 g/mol. The number of hydrogen-bond acceptors (Lipinski definition) is 4. The van der Waals surface area contributed by atoms with E-state index in [9.17, 15) is 13.2 Å². The quantitative estimate of drug-likeness (QED) is 0.470. The Hall–Kier alpha value is -2.84. The number of ether oxygens (including phenoxy) is 1. The lowest BCUT2D eigenvalue weighted by Crippen LogP contribution is -2.38. The monoisotopic (exact) mass is 502 g/mol. The van der Waals surface area contributed by atoms with Crippen LogP contribution in [0.15, 0.2) is 82.2 Å². The molecule has 8 heteroatoms. The van der Waals surface area contributed by atoms with Crippen LogP contribution in [0.5, 0.6) is 5.75 Å². The number of nitrogens with one attached hydrogen (secondary N) is 1. The first-order valence-corrected chi connectivity index (χ1v) is 11.9. The Labute approximate surface area is 191 Å². The number of amides is 1. The lowest BCUT2D eigenvalue weighted by atomic mass is 10.2. The van der Waals surface area contributed by atoms with E-state index in [2.05, 4.69) is 21.2 Å². The first-order chi connectivity index (χ1) is 14.8. The highest BCUT2D eigenvalue weighted by atomic mass is 79.9. The van der Waals surface area contributed by atoms with Crippen LogP contribution in [0, 0.1) is 6.92 Å². The van der Waals surface area contributed by atoms with Crippen molar-refractivity contribution in [2.45, 2.75) is 18.7 Å². The molecule has 6 nitrogen and oxygen atoms in total. The van der Waals surface area contributed by atoms with Gasteiger partial charge in [0.25, 0.3) is 10.0 Å². The maximum Gasteiger partial charge on any atom is 0.264 e. The maximum atomic E-state index is 13.4. The Bertz CT molecular complexity index is 1150. The fourth-order valence-corrected chi connectivity index (χ4v) is 4.72. The number of benzene rings is 3. The lowest BCUT2D eigenvalue weighted by molar-refractivity contribution is -0.114. The van der Waals surface area contributed by atoms with Crippen LogP contribution in [0.1, 0.15) is 12.5 Å². The zero-order valence-corrected chi connectivity index (χ0v) is 19.6. The van der Waals surface area contributed by atoms with Crippen LogP contribution in [0.2, 0.25) is 0 Å². The molecule has 0 unspecified atom stereocenters. The smallest absolute Gasteiger partial charge is 0.264 e. The van der Waals surface area contributed by atoms with Crippen molar-refractivity contribution < 1.29 is 17.9 Å². The first-order valence-electron chi connectivity index (χ1n) is 9.67. The summed E-state index contributed by atoms with van der Waals surface area (Å²) >= 11 is 3.37. The molecule has 0 heterocycles. The number of hydrogen-bond donors (Lipinski definition) is 1. The number of sulfonamides is 1. The van der Waals surface area contributed by atoms with Crippen molar-refractivity contribution in [3.63, 3.8) is 0 Å². The molecule has 3 rings (SSSR count). The molecule has 1 N–H and O–H groups in total. The predicted molar refractivity (Wildman–Crippen MR) is 126 cm³/mol. The SMILES string of the molecule is CCOc1ccc(NC(=O)CN(c2cccc(Br)c2)S(=O)(=O)c2ccc(C)cc2)cc1. The molecule has 1 amide bonds. The molecule has 0 saturated heterocycles. The van der Waals surface area contributed by atoms with Gasteiger partial charge in [-0.15, -0.1) is 0 Å². The van der Waals surface area contributed by atoms with E-state index in [0.717, 1.165) is 9.87 Å². The van der Waals surface area contributed by atoms with E-state index in [1.807, 2.05) is 13.8 Å². The second-order valence-electron chi connectivity index (χ2n) is 6.81. The van der Waals surface area contributed by atoms with Crippen molar-refractivity contribution >= 4 is 43.2 Å². The molecule has 0 bridgehead atoms. The third-order valence-electron chi connectivity index (χ3n) is 4.44. The van der Waals surface area contributed by atoms with Crippen LogP contribution in [-0.4, -0.2) is 27.5 Å². The second-order valence-corrected chi connectivity index (χ2v) is 9.59. The molecule has 162 valence electrons. The topological polar surface area (TPSA) is 75.7 Å². The zero-order valence-electron chi connectivity index (χ0n) is 17.2. The van der Waals surface area contributed by atoms with E-state index in [0.29, 0.717) is 28.2 Å². The summed E-state index contributed by atoms with van der Waals surface area (Å²) in [6, 6.07) is 20.3. The molecule has 0 radical (unpaired) electrons. The Kier molecular flexibility index (Phi) is 7.35. The van der Waals surface area contributed by atoms with Gasteiger partial charge in [0.05, 0.1) is 17.2 Å². The molecule has 0 saturated carbocycles. The van der Waals surface area contributed by atoms with E-state index >= 15 is 0 Å². The Morgan fingerprint density at radius 2 is 1.71 bits per heavy atom. The minimum Gasteiger partial charge on any atom is -0.494 e. The number of rotatable bonds is 8. The number of halogens is 1. The van der Waals surface area contributed by atoms with Gasteiger partial charge < -0.3 is 10.1 Å².